The van der Waals surface area contributed by atoms with Gasteiger partial charge in [-0.05, 0) is 13.8 Å². The molecule has 0 aromatic rings. The van der Waals surface area contributed by atoms with E-state index in [-0.39, 0.29) is 18.6 Å². The van der Waals surface area contributed by atoms with Crippen molar-refractivity contribution in [1.82, 2.24) is 0 Å². The number of hydrogen-bond acceptors (Lipinski definition) is 5. The zero-order valence-electron chi connectivity index (χ0n) is 8.69. The monoisotopic (exact) mass is 203 g/mol. The topological polar surface area (TPSA) is 81.8 Å². The molecule has 0 unspecified atom stereocenters. The van der Waals surface area contributed by atoms with Gasteiger partial charge < -0.3 is 20.3 Å². The summed E-state index contributed by atoms with van der Waals surface area (Å²) in [5, 5.41) is 9.41. The Kier molecular flexibility index (Phi) is 3.14. The van der Waals surface area contributed by atoms with Crippen molar-refractivity contribution >= 4 is 5.97 Å². The predicted molar refractivity (Wildman–Crippen MR) is 49.3 cm³/mol. The van der Waals surface area contributed by atoms with Crippen LogP contribution in [0.25, 0.3) is 0 Å². The van der Waals surface area contributed by atoms with Gasteiger partial charge in [0.25, 0.3) is 0 Å². The SMILES string of the molecule is C[C@@H]1[C@@H](CN)OC(=O)[C@@H]1OC(C)(C)O. The fraction of sp³-hybridized carbons (Fsp3) is 0.889. The maximum absolute atomic E-state index is 11.3. The summed E-state index contributed by atoms with van der Waals surface area (Å²) in [6.07, 6.45) is -1.03. The zero-order chi connectivity index (χ0) is 10.9. The summed E-state index contributed by atoms with van der Waals surface area (Å²) in [6, 6.07) is 0. The number of carbonyl (C=O) groups is 1. The lowest BCUT2D eigenvalue weighted by molar-refractivity contribution is -0.212. The number of rotatable bonds is 3. The Labute approximate surface area is 83.2 Å². The molecule has 0 bridgehead atoms. The first-order valence-electron chi connectivity index (χ1n) is 4.66. The van der Waals surface area contributed by atoms with Crippen molar-refractivity contribution < 1.29 is 19.4 Å². The van der Waals surface area contributed by atoms with Gasteiger partial charge >= 0.3 is 5.97 Å². The van der Waals surface area contributed by atoms with E-state index in [1.807, 2.05) is 6.92 Å². The van der Waals surface area contributed by atoms with Gasteiger partial charge in [-0.3, -0.25) is 0 Å². The Morgan fingerprint density at radius 1 is 1.64 bits per heavy atom. The average Bonchev–Trinajstić information content (AvgIpc) is 2.29. The van der Waals surface area contributed by atoms with Crippen LogP contribution in [0.4, 0.5) is 0 Å². The Balaban J connectivity index is 2.66. The van der Waals surface area contributed by atoms with Gasteiger partial charge in [-0.2, -0.15) is 0 Å². The van der Waals surface area contributed by atoms with E-state index in [9.17, 15) is 9.90 Å². The van der Waals surface area contributed by atoms with Crippen LogP contribution < -0.4 is 5.73 Å². The molecule has 3 atom stereocenters. The normalized spacial score (nSPS) is 33.2. The molecule has 1 rings (SSSR count). The van der Waals surface area contributed by atoms with Crippen LogP contribution in [-0.2, 0) is 14.3 Å². The van der Waals surface area contributed by atoms with Crippen LogP contribution in [-0.4, -0.2) is 35.6 Å². The van der Waals surface area contributed by atoms with Crippen LogP contribution in [0.3, 0.4) is 0 Å². The third-order valence-corrected chi connectivity index (χ3v) is 2.21. The van der Waals surface area contributed by atoms with Gasteiger partial charge in [-0.1, -0.05) is 6.92 Å². The molecule has 5 heteroatoms. The van der Waals surface area contributed by atoms with Crippen molar-refractivity contribution in [2.24, 2.45) is 11.7 Å². The van der Waals surface area contributed by atoms with Crippen molar-refractivity contribution in [3.8, 4) is 0 Å². The highest BCUT2D eigenvalue weighted by molar-refractivity contribution is 5.77. The maximum Gasteiger partial charge on any atom is 0.336 e. The molecule has 1 saturated heterocycles. The van der Waals surface area contributed by atoms with Gasteiger partial charge in [0.15, 0.2) is 11.9 Å². The lowest BCUT2D eigenvalue weighted by atomic mass is 10.0. The first-order valence-corrected chi connectivity index (χ1v) is 4.66. The van der Waals surface area contributed by atoms with E-state index in [0.717, 1.165) is 0 Å². The summed E-state index contributed by atoms with van der Waals surface area (Å²) in [5.74, 6) is -1.91. The molecule has 5 nitrogen and oxygen atoms in total. The lowest BCUT2D eigenvalue weighted by Crippen LogP contribution is -2.37. The maximum atomic E-state index is 11.3. The van der Waals surface area contributed by atoms with Crippen molar-refractivity contribution in [1.29, 1.82) is 0 Å². The Morgan fingerprint density at radius 2 is 2.21 bits per heavy atom. The van der Waals surface area contributed by atoms with E-state index in [1.54, 1.807) is 0 Å². The quantitative estimate of drug-likeness (QED) is 0.482. The summed E-state index contributed by atoms with van der Waals surface area (Å²) < 4.78 is 10.2. The third-order valence-electron chi connectivity index (χ3n) is 2.21. The second-order valence-corrected chi connectivity index (χ2v) is 4.06. The molecule has 1 heterocycles. The summed E-state index contributed by atoms with van der Waals surface area (Å²) >= 11 is 0. The molecular weight excluding hydrogens is 186 g/mol. The fourth-order valence-electron chi connectivity index (χ4n) is 1.46. The lowest BCUT2D eigenvalue weighted by Gasteiger charge is -2.23. The Hall–Kier alpha value is -0.650. The molecule has 0 amide bonds. The minimum atomic E-state index is -1.33. The molecule has 1 aliphatic heterocycles. The van der Waals surface area contributed by atoms with Crippen LogP contribution in [0.5, 0.6) is 0 Å². The van der Waals surface area contributed by atoms with E-state index in [2.05, 4.69) is 0 Å². The Morgan fingerprint density at radius 3 is 2.57 bits per heavy atom. The predicted octanol–water partition coefficient (Wildman–Crippen LogP) is -0.380. The van der Waals surface area contributed by atoms with Gasteiger partial charge in [0.05, 0.1) is 0 Å². The first-order chi connectivity index (χ1) is 6.35. The van der Waals surface area contributed by atoms with E-state index in [1.165, 1.54) is 13.8 Å². The second kappa shape index (κ2) is 3.84. The van der Waals surface area contributed by atoms with Crippen LogP contribution in [0.2, 0.25) is 0 Å². The van der Waals surface area contributed by atoms with Gasteiger partial charge in [-0.15, -0.1) is 0 Å². The van der Waals surface area contributed by atoms with E-state index in [4.69, 9.17) is 15.2 Å². The van der Waals surface area contributed by atoms with Gasteiger partial charge in [0.2, 0.25) is 0 Å². The van der Waals surface area contributed by atoms with E-state index in [0.29, 0.717) is 0 Å². The van der Waals surface area contributed by atoms with Crippen molar-refractivity contribution in [3.63, 3.8) is 0 Å². The third kappa shape index (κ3) is 2.43. The largest absolute Gasteiger partial charge is 0.459 e. The number of hydrogen-bond donors (Lipinski definition) is 2. The summed E-state index contributed by atoms with van der Waals surface area (Å²) in [4.78, 5) is 11.3. The minimum absolute atomic E-state index is 0.126. The Bertz CT molecular complexity index is 223. The molecule has 1 aliphatic rings. The number of esters is 1. The zero-order valence-corrected chi connectivity index (χ0v) is 8.69. The van der Waals surface area contributed by atoms with Crippen LogP contribution in [0.1, 0.15) is 20.8 Å². The van der Waals surface area contributed by atoms with Crippen molar-refractivity contribution in [2.75, 3.05) is 6.54 Å². The highest BCUT2D eigenvalue weighted by Crippen LogP contribution is 2.27. The molecule has 0 saturated carbocycles. The molecule has 0 radical (unpaired) electrons. The second-order valence-electron chi connectivity index (χ2n) is 4.06. The number of carbonyl (C=O) groups excluding carboxylic acids is 1. The minimum Gasteiger partial charge on any atom is -0.459 e. The number of aliphatic hydroxyl groups is 1. The molecule has 0 spiro atoms. The first kappa shape index (κ1) is 11.4. The van der Waals surface area contributed by atoms with Crippen molar-refractivity contribution in [3.05, 3.63) is 0 Å². The van der Waals surface area contributed by atoms with Crippen LogP contribution in [0, 0.1) is 5.92 Å². The smallest absolute Gasteiger partial charge is 0.336 e. The molecule has 1 fully saturated rings. The average molecular weight is 203 g/mol. The molecule has 0 aliphatic carbocycles. The number of ether oxygens (including phenoxy) is 2. The van der Waals surface area contributed by atoms with Crippen LogP contribution in [0.15, 0.2) is 0 Å². The fourth-order valence-corrected chi connectivity index (χ4v) is 1.46. The standard InChI is InChI=1S/C9H17NO4/c1-5-6(4-10)13-8(11)7(5)14-9(2,3)12/h5-7,12H,4,10H2,1-3H3/t5-,6-,7-/m1/s1. The summed E-state index contributed by atoms with van der Waals surface area (Å²) in [5.41, 5.74) is 5.42. The number of cyclic esters (lactones) is 1. The summed E-state index contributed by atoms with van der Waals surface area (Å²) in [7, 11) is 0. The van der Waals surface area contributed by atoms with E-state index >= 15 is 0 Å². The molecule has 82 valence electrons. The van der Waals surface area contributed by atoms with Gasteiger partial charge in [0, 0.05) is 12.5 Å². The van der Waals surface area contributed by atoms with Crippen molar-refractivity contribution in [2.45, 2.75) is 38.8 Å². The highest BCUT2D eigenvalue weighted by atomic mass is 16.7. The number of nitrogens with two attached hydrogens (primary N) is 1. The molecule has 0 aromatic carbocycles. The van der Waals surface area contributed by atoms with Crippen LogP contribution >= 0.6 is 0 Å². The molecular formula is C9H17NO4. The summed E-state index contributed by atoms with van der Waals surface area (Å²) in [6.45, 7) is 5.04. The molecule has 3 N–H and O–H groups in total. The van der Waals surface area contributed by atoms with Gasteiger partial charge in [-0.25, -0.2) is 4.79 Å². The van der Waals surface area contributed by atoms with Gasteiger partial charge in [0.1, 0.15) is 6.10 Å². The molecule has 14 heavy (non-hydrogen) atoms. The van der Waals surface area contributed by atoms with E-state index < -0.39 is 17.9 Å². The molecule has 0 aromatic heterocycles. The highest BCUT2D eigenvalue weighted by Gasteiger charge is 2.44.